The molecule has 30 heavy (non-hydrogen) atoms. The van der Waals surface area contributed by atoms with Crippen molar-refractivity contribution in [3.05, 3.63) is 39.7 Å². The van der Waals surface area contributed by atoms with E-state index in [1.807, 2.05) is 0 Å². The van der Waals surface area contributed by atoms with E-state index in [-0.39, 0.29) is 25.8 Å². The number of primary amides is 1. The molecule has 10 heteroatoms. The molecule has 1 aromatic carbocycles. The molecule has 162 valence electrons. The third-order valence-electron chi connectivity index (χ3n) is 4.70. The summed E-state index contributed by atoms with van der Waals surface area (Å²) in [5.41, 5.74) is 5.84. The minimum absolute atomic E-state index is 0.0728. The highest BCUT2D eigenvalue weighted by Crippen LogP contribution is 2.24. The number of ether oxygens (including phenoxy) is 1. The Morgan fingerprint density at radius 2 is 2.03 bits per heavy atom. The van der Waals surface area contributed by atoms with E-state index in [0.717, 1.165) is 5.39 Å². The van der Waals surface area contributed by atoms with Gasteiger partial charge in [0.15, 0.2) is 0 Å². The average Bonchev–Trinajstić information content (AvgIpc) is 2.69. The van der Waals surface area contributed by atoms with Crippen LogP contribution in [0.25, 0.3) is 11.0 Å². The number of nitrogens with two attached hydrogens (primary N) is 1. The predicted octanol–water partition coefficient (Wildman–Crippen LogP) is 1.06. The number of carboxylic acid groups (broad SMARTS) is 1. The molecule has 1 heterocycles. The number of nitrogens with one attached hydrogen (secondary N) is 2. The molecule has 0 spiro atoms. The number of aryl methyl sites for hydroxylation is 1. The molecule has 0 saturated heterocycles. The first-order chi connectivity index (χ1) is 14.2. The number of aliphatic carboxylic acids is 1. The fraction of sp³-hybridized carbons (Fsp3) is 0.400. The van der Waals surface area contributed by atoms with Gasteiger partial charge < -0.3 is 30.6 Å². The molecule has 0 bridgehead atoms. The molecule has 2 aromatic rings. The lowest BCUT2D eigenvalue weighted by Gasteiger charge is -2.15. The molecular formula is C20H25N3O7. The summed E-state index contributed by atoms with van der Waals surface area (Å²) in [7, 11) is 1.51. The summed E-state index contributed by atoms with van der Waals surface area (Å²) in [6.45, 7) is 1.97. The average molecular weight is 419 g/mol. The molecule has 0 aliphatic carbocycles. The van der Waals surface area contributed by atoms with Gasteiger partial charge in [-0.25, -0.2) is 14.4 Å². The summed E-state index contributed by atoms with van der Waals surface area (Å²) in [6.07, 6.45) is 0.492. The highest BCUT2D eigenvalue weighted by atomic mass is 16.5. The predicted molar refractivity (Wildman–Crippen MR) is 108 cm³/mol. The van der Waals surface area contributed by atoms with Crippen molar-refractivity contribution in [1.29, 1.82) is 0 Å². The van der Waals surface area contributed by atoms with Gasteiger partial charge in [0.05, 0.1) is 7.11 Å². The SMILES string of the molecule is COc1ccc2c(C)c(CCC(=O)N[C@H](CCCNC(N)=O)C(=O)O)c(=O)oc2c1. The second-order valence-electron chi connectivity index (χ2n) is 6.75. The molecule has 0 unspecified atom stereocenters. The van der Waals surface area contributed by atoms with Crippen molar-refractivity contribution >= 4 is 28.9 Å². The molecule has 2 rings (SSSR count). The number of hydrogen-bond acceptors (Lipinski definition) is 6. The zero-order valence-corrected chi connectivity index (χ0v) is 16.8. The molecule has 10 nitrogen and oxygen atoms in total. The van der Waals surface area contributed by atoms with Crippen LogP contribution >= 0.6 is 0 Å². The highest BCUT2D eigenvalue weighted by molar-refractivity contribution is 5.84. The molecule has 0 fully saturated rings. The minimum atomic E-state index is -1.18. The number of fused-ring (bicyclic) bond motifs is 1. The van der Waals surface area contributed by atoms with Crippen LogP contribution in [0.1, 0.15) is 30.4 Å². The first kappa shape index (κ1) is 22.7. The fourth-order valence-electron chi connectivity index (χ4n) is 3.07. The largest absolute Gasteiger partial charge is 0.497 e. The Hall–Kier alpha value is -3.56. The van der Waals surface area contributed by atoms with Gasteiger partial charge in [-0.2, -0.15) is 0 Å². The molecule has 1 atom stereocenters. The van der Waals surface area contributed by atoms with E-state index in [0.29, 0.717) is 28.9 Å². The molecule has 3 amide bonds. The lowest BCUT2D eigenvalue weighted by molar-refractivity contribution is -0.142. The first-order valence-electron chi connectivity index (χ1n) is 9.38. The zero-order chi connectivity index (χ0) is 22.3. The molecule has 1 aromatic heterocycles. The zero-order valence-electron chi connectivity index (χ0n) is 16.8. The van der Waals surface area contributed by atoms with E-state index < -0.39 is 29.6 Å². The van der Waals surface area contributed by atoms with Crippen LogP contribution < -0.4 is 26.7 Å². The van der Waals surface area contributed by atoms with Crippen molar-refractivity contribution in [3.63, 3.8) is 0 Å². The quantitative estimate of drug-likeness (QED) is 0.331. The summed E-state index contributed by atoms with van der Waals surface area (Å²) in [6, 6.07) is 3.33. The Kier molecular flexibility index (Phi) is 7.79. The number of urea groups is 1. The van der Waals surface area contributed by atoms with Crippen LogP contribution in [0.4, 0.5) is 4.79 Å². The van der Waals surface area contributed by atoms with E-state index in [1.54, 1.807) is 25.1 Å². The van der Waals surface area contributed by atoms with Crippen molar-refractivity contribution in [3.8, 4) is 5.75 Å². The summed E-state index contributed by atoms with van der Waals surface area (Å²) in [4.78, 5) is 46.5. The Morgan fingerprint density at radius 1 is 1.30 bits per heavy atom. The monoisotopic (exact) mass is 419 g/mol. The van der Waals surface area contributed by atoms with Crippen LogP contribution in [-0.2, 0) is 16.0 Å². The molecule has 0 aliphatic heterocycles. The number of carboxylic acids is 1. The Morgan fingerprint density at radius 3 is 2.67 bits per heavy atom. The number of carbonyl (C=O) groups is 3. The van der Waals surface area contributed by atoms with Crippen molar-refractivity contribution in [2.75, 3.05) is 13.7 Å². The van der Waals surface area contributed by atoms with Crippen molar-refractivity contribution in [2.24, 2.45) is 5.73 Å². The second kappa shape index (κ2) is 10.3. The maximum absolute atomic E-state index is 12.3. The Labute approximate surface area is 172 Å². The van der Waals surface area contributed by atoms with Crippen molar-refractivity contribution in [2.45, 2.75) is 38.6 Å². The number of carbonyl (C=O) groups excluding carboxylic acids is 2. The summed E-state index contributed by atoms with van der Waals surface area (Å²) >= 11 is 0. The number of benzene rings is 1. The Bertz CT molecular complexity index is 1000. The maximum Gasteiger partial charge on any atom is 0.339 e. The van der Waals surface area contributed by atoms with Gasteiger partial charge in [-0.05, 0) is 43.9 Å². The van der Waals surface area contributed by atoms with Gasteiger partial charge in [0.1, 0.15) is 17.4 Å². The number of rotatable bonds is 10. The number of hydrogen-bond donors (Lipinski definition) is 4. The van der Waals surface area contributed by atoms with Crippen molar-refractivity contribution in [1.82, 2.24) is 10.6 Å². The number of methoxy groups -OCH3 is 1. The standard InChI is InChI=1S/C20H25N3O7/c1-11-13-6-5-12(29-2)10-16(13)30-19(27)14(11)7-8-17(24)23-15(18(25)26)4-3-9-22-20(21)28/h5-6,10,15H,3-4,7-9H2,1-2H3,(H,23,24)(H,25,26)(H3,21,22,28)/t15-/m1/s1. The molecular weight excluding hydrogens is 394 g/mol. The van der Waals surface area contributed by atoms with Gasteiger partial charge in [-0.3, -0.25) is 4.79 Å². The third kappa shape index (κ3) is 5.97. The Balaban J connectivity index is 2.02. The van der Waals surface area contributed by atoms with Gasteiger partial charge in [-0.15, -0.1) is 0 Å². The molecule has 5 N–H and O–H groups in total. The molecule has 0 aliphatic rings. The van der Waals surface area contributed by atoms with Gasteiger partial charge in [0, 0.05) is 30.0 Å². The van der Waals surface area contributed by atoms with Crippen LogP contribution in [-0.4, -0.2) is 42.7 Å². The topological polar surface area (TPSA) is 161 Å². The lowest BCUT2D eigenvalue weighted by Crippen LogP contribution is -2.41. The van der Waals surface area contributed by atoms with Crippen molar-refractivity contribution < 1.29 is 28.6 Å². The van der Waals surface area contributed by atoms with E-state index >= 15 is 0 Å². The van der Waals surface area contributed by atoms with Gasteiger partial charge in [-0.1, -0.05) is 0 Å². The van der Waals surface area contributed by atoms with Gasteiger partial charge >= 0.3 is 17.6 Å². The first-order valence-corrected chi connectivity index (χ1v) is 9.38. The van der Waals surface area contributed by atoms with Gasteiger partial charge in [0.25, 0.3) is 0 Å². The summed E-state index contributed by atoms with van der Waals surface area (Å²) < 4.78 is 10.5. The van der Waals surface area contributed by atoms with E-state index in [9.17, 15) is 24.3 Å². The van der Waals surface area contributed by atoms with Crippen LogP contribution in [0.15, 0.2) is 27.4 Å². The van der Waals surface area contributed by atoms with E-state index in [2.05, 4.69) is 10.6 Å². The lowest BCUT2D eigenvalue weighted by atomic mass is 10.0. The van der Waals surface area contributed by atoms with E-state index in [1.165, 1.54) is 7.11 Å². The number of amides is 3. The van der Waals surface area contributed by atoms with Crippen LogP contribution in [0, 0.1) is 6.92 Å². The molecule has 0 saturated carbocycles. The van der Waals surface area contributed by atoms with Crippen LogP contribution in [0.2, 0.25) is 0 Å². The third-order valence-corrected chi connectivity index (χ3v) is 4.70. The van der Waals surface area contributed by atoms with Crippen LogP contribution in [0.5, 0.6) is 5.75 Å². The second-order valence-corrected chi connectivity index (χ2v) is 6.75. The normalized spacial score (nSPS) is 11.7. The minimum Gasteiger partial charge on any atom is -0.497 e. The van der Waals surface area contributed by atoms with E-state index in [4.69, 9.17) is 14.9 Å². The van der Waals surface area contributed by atoms with Crippen LogP contribution in [0.3, 0.4) is 0 Å². The maximum atomic E-state index is 12.3. The highest BCUT2D eigenvalue weighted by Gasteiger charge is 2.20. The summed E-state index contributed by atoms with van der Waals surface area (Å²) in [5, 5.41) is 14.8. The smallest absolute Gasteiger partial charge is 0.339 e. The fourth-order valence-corrected chi connectivity index (χ4v) is 3.07. The van der Waals surface area contributed by atoms with Gasteiger partial charge in [0.2, 0.25) is 5.91 Å². The molecule has 0 radical (unpaired) electrons. The summed E-state index contributed by atoms with van der Waals surface area (Å²) in [5.74, 6) is -1.13.